The average molecular weight is 244 g/mol. The Hall–Kier alpha value is -2.36. The Labute approximate surface area is 105 Å². The first-order chi connectivity index (χ1) is 8.59. The number of nitrogens with two attached hydrogens (primary N) is 1. The van der Waals surface area contributed by atoms with Gasteiger partial charge in [-0.25, -0.2) is 4.39 Å². The standard InChI is InChI=1S/C14H13FN2O/c1-17(13-8-3-2-7-12(13)16)14(18)10-5-4-6-11(15)9-10/h2-9H,16H2,1H3. The molecule has 0 spiro atoms. The summed E-state index contributed by atoms with van der Waals surface area (Å²) in [4.78, 5) is 13.6. The van der Waals surface area contributed by atoms with E-state index in [2.05, 4.69) is 0 Å². The minimum atomic E-state index is -0.435. The van der Waals surface area contributed by atoms with Crippen LogP contribution in [0.3, 0.4) is 0 Å². The van der Waals surface area contributed by atoms with Gasteiger partial charge < -0.3 is 10.6 Å². The topological polar surface area (TPSA) is 46.3 Å². The molecule has 0 radical (unpaired) electrons. The first kappa shape index (κ1) is 12.1. The Morgan fingerprint density at radius 3 is 2.56 bits per heavy atom. The summed E-state index contributed by atoms with van der Waals surface area (Å²) in [5.74, 6) is -0.734. The highest BCUT2D eigenvalue weighted by Gasteiger charge is 2.15. The Morgan fingerprint density at radius 1 is 1.17 bits per heavy atom. The molecule has 0 aromatic heterocycles. The van der Waals surface area contributed by atoms with Crippen molar-refractivity contribution in [3.63, 3.8) is 0 Å². The maximum absolute atomic E-state index is 13.1. The molecular weight excluding hydrogens is 231 g/mol. The average Bonchev–Trinajstić information content (AvgIpc) is 2.37. The molecule has 2 N–H and O–H groups in total. The third-order valence-corrected chi connectivity index (χ3v) is 2.67. The summed E-state index contributed by atoms with van der Waals surface area (Å²) in [5, 5.41) is 0. The Bertz CT molecular complexity index is 584. The molecule has 0 fully saturated rings. The van der Waals surface area contributed by atoms with Crippen LogP contribution in [0.5, 0.6) is 0 Å². The maximum atomic E-state index is 13.1. The number of hydrogen-bond acceptors (Lipinski definition) is 2. The van der Waals surface area contributed by atoms with Crippen LogP contribution in [-0.2, 0) is 0 Å². The molecule has 92 valence electrons. The molecule has 0 aliphatic rings. The van der Waals surface area contributed by atoms with Crippen LogP contribution in [0.2, 0.25) is 0 Å². The molecule has 0 aliphatic heterocycles. The number of hydrogen-bond donors (Lipinski definition) is 1. The van der Waals surface area contributed by atoms with Gasteiger partial charge in [0, 0.05) is 12.6 Å². The molecule has 4 heteroatoms. The van der Waals surface area contributed by atoms with Crippen molar-refractivity contribution < 1.29 is 9.18 Å². The second-order valence-electron chi connectivity index (χ2n) is 3.93. The molecule has 0 saturated carbocycles. The van der Waals surface area contributed by atoms with E-state index in [9.17, 15) is 9.18 Å². The fraction of sp³-hybridized carbons (Fsp3) is 0.0714. The summed E-state index contributed by atoms with van der Waals surface area (Å²) >= 11 is 0. The Balaban J connectivity index is 2.32. The first-order valence-corrected chi connectivity index (χ1v) is 5.47. The lowest BCUT2D eigenvalue weighted by molar-refractivity contribution is 0.0992. The molecule has 0 unspecified atom stereocenters. The van der Waals surface area contributed by atoms with E-state index >= 15 is 0 Å². The van der Waals surface area contributed by atoms with E-state index in [1.54, 1.807) is 37.4 Å². The van der Waals surface area contributed by atoms with Crippen LogP contribution in [0.4, 0.5) is 15.8 Å². The summed E-state index contributed by atoms with van der Waals surface area (Å²) in [6, 6.07) is 12.6. The zero-order valence-electron chi connectivity index (χ0n) is 9.93. The number of amides is 1. The third-order valence-electron chi connectivity index (χ3n) is 2.67. The van der Waals surface area contributed by atoms with Gasteiger partial charge in [0.25, 0.3) is 5.91 Å². The number of carbonyl (C=O) groups excluding carboxylic acids is 1. The summed E-state index contributed by atoms with van der Waals surface area (Å²) in [6.07, 6.45) is 0. The van der Waals surface area contributed by atoms with Crippen molar-refractivity contribution in [3.8, 4) is 0 Å². The number of anilines is 2. The van der Waals surface area contributed by atoms with Crippen LogP contribution >= 0.6 is 0 Å². The molecular formula is C14H13FN2O. The summed E-state index contributed by atoms with van der Waals surface area (Å²) in [5.41, 5.74) is 7.20. The molecule has 2 rings (SSSR count). The number of para-hydroxylation sites is 2. The van der Waals surface area contributed by atoms with Crippen molar-refractivity contribution in [2.45, 2.75) is 0 Å². The molecule has 0 atom stereocenters. The van der Waals surface area contributed by atoms with Crippen LogP contribution in [0, 0.1) is 5.82 Å². The molecule has 2 aromatic rings. The van der Waals surface area contributed by atoms with Crippen LogP contribution in [0.1, 0.15) is 10.4 Å². The van der Waals surface area contributed by atoms with E-state index in [0.717, 1.165) is 0 Å². The highest BCUT2D eigenvalue weighted by atomic mass is 19.1. The number of rotatable bonds is 2. The lowest BCUT2D eigenvalue weighted by Crippen LogP contribution is -2.27. The third kappa shape index (κ3) is 2.32. The zero-order chi connectivity index (χ0) is 13.1. The van der Waals surface area contributed by atoms with Crippen molar-refractivity contribution >= 4 is 17.3 Å². The van der Waals surface area contributed by atoms with Crippen LogP contribution < -0.4 is 10.6 Å². The summed E-state index contributed by atoms with van der Waals surface area (Å²) in [6.45, 7) is 0. The maximum Gasteiger partial charge on any atom is 0.258 e. The lowest BCUT2D eigenvalue weighted by atomic mass is 10.1. The van der Waals surface area contributed by atoms with Crippen LogP contribution in [0.15, 0.2) is 48.5 Å². The Kier molecular flexibility index (Phi) is 3.28. The van der Waals surface area contributed by atoms with E-state index in [1.165, 1.54) is 23.1 Å². The van der Waals surface area contributed by atoms with E-state index < -0.39 is 5.82 Å². The molecule has 0 aliphatic carbocycles. The second kappa shape index (κ2) is 4.87. The number of carbonyl (C=O) groups is 1. The molecule has 0 heterocycles. The van der Waals surface area contributed by atoms with Crippen molar-refractivity contribution in [2.75, 3.05) is 17.7 Å². The summed E-state index contributed by atoms with van der Waals surface area (Å²) in [7, 11) is 1.61. The van der Waals surface area contributed by atoms with E-state index in [1.807, 2.05) is 0 Å². The zero-order valence-corrected chi connectivity index (χ0v) is 9.93. The predicted octanol–water partition coefficient (Wildman–Crippen LogP) is 2.68. The quantitative estimate of drug-likeness (QED) is 0.825. The number of benzene rings is 2. The van der Waals surface area contributed by atoms with Gasteiger partial charge in [0.15, 0.2) is 0 Å². The van der Waals surface area contributed by atoms with Gasteiger partial charge in [-0.1, -0.05) is 18.2 Å². The van der Waals surface area contributed by atoms with Crippen molar-refractivity contribution in [3.05, 3.63) is 59.9 Å². The van der Waals surface area contributed by atoms with E-state index in [-0.39, 0.29) is 5.91 Å². The summed E-state index contributed by atoms with van der Waals surface area (Å²) < 4.78 is 13.1. The molecule has 3 nitrogen and oxygen atoms in total. The number of nitrogen functional groups attached to an aromatic ring is 1. The van der Waals surface area contributed by atoms with Gasteiger partial charge >= 0.3 is 0 Å². The van der Waals surface area contributed by atoms with Gasteiger partial charge in [-0.15, -0.1) is 0 Å². The smallest absolute Gasteiger partial charge is 0.258 e. The van der Waals surface area contributed by atoms with Gasteiger partial charge in [0.05, 0.1) is 11.4 Å². The molecule has 0 saturated heterocycles. The lowest BCUT2D eigenvalue weighted by Gasteiger charge is -2.19. The molecule has 18 heavy (non-hydrogen) atoms. The number of nitrogens with zero attached hydrogens (tertiary/aromatic N) is 1. The van der Waals surface area contributed by atoms with Crippen molar-refractivity contribution in [1.82, 2.24) is 0 Å². The SMILES string of the molecule is CN(C(=O)c1cccc(F)c1)c1ccccc1N. The second-order valence-corrected chi connectivity index (χ2v) is 3.93. The van der Waals surface area contributed by atoms with Gasteiger partial charge in [-0.2, -0.15) is 0 Å². The van der Waals surface area contributed by atoms with E-state index in [0.29, 0.717) is 16.9 Å². The van der Waals surface area contributed by atoms with Crippen LogP contribution in [0.25, 0.3) is 0 Å². The largest absolute Gasteiger partial charge is 0.397 e. The van der Waals surface area contributed by atoms with Crippen molar-refractivity contribution in [1.29, 1.82) is 0 Å². The molecule has 2 aromatic carbocycles. The van der Waals surface area contributed by atoms with Gasteiger partial charge in [0.1, 0.15) is 5.82 Å². The van der Waals surface area contributed by atoms with E-state index in [4.69, 9.17) is 5.73 Å². The predicted molar refractivity (Wildman–Crippen MR) is 70.0 cm³/mol. The van der Waals surface area contributed by atoms with Gasteiger partial charge in [0.2, 0.25) is 0 Å². The fourth-order valence-corrected chi connectivity index (χ4v) is 1.72. The van der Waals surface area contributed by atoms with Crippen LogP contribution in [-0.4, -0.2) is 13.0 Å². The normalized spacial score (nSPS) is 10.1. The minimum absolute atomic E-state index is 0.292. The monoisotopic (exact) mass is 244 g/mol. The fourth-order valence-electron chi connectivity index (χ4n) is 1.72. The molecule has 0 bridgehead atoms. The molecule has 1 amide bonds. The minimum Gasteiger partial charge on any atom is -0.397 e. The van der Waals surface area contributed by atoms with Gasteiger partial charge in [-0.05, 0) is 30.3 Å². The van der Waals surface area contributed by atoms with Gasteiger partial charge in [-0.3, -0.25) is 4.79 Å². The first-order valence-electron chi connectivity index (χ1n) is 5.47. The highest BCUT2D eigenvalue weighted by Crippen LogP contribution is 2.22. The highest BCUT2D eigenvalue weighted by molar-refractivity contribution is 6.07. The number of halogens is 1. The van der Waals surface area contributed by atoms with Crippen molar-refractivity contribution in [2.24, 2.45) is 0 Å². The Morgan fingerprint density at radius 2 is 1.89 bits per heavy atom.